The molecular formula is C27H25ClN6O2. The second kappa shape index (κ2) is 8.85. The standard InChI is InChI=1S/C27H25ClN6O2/c1-27(2,3)24-20-7-5-18(10-17(20)13-34(24)26(35)36)32-25-21-8-9-33(14-23(21)30-15-31-25)19-6-4-16(12-29)22(28)11-19/h4-7,10-11,13,15H,8-9,14H2,1-3H3,(H,35,36)(H,30,31,32). The van der Waals surface area contributed by atoms with Gasteiger partial charge in [0.2, 0.25) is 0 Å². The molecule has 0 saturated carbocycles. The van der Waals surface area contributed by atoms with Gasteiger partial charge in [0, 0.05) is 51.6 Å². The summed E-state index contributed by atoms with van der Waals surface area (Å²) in [5, 5.41) is 24.5. The smallest absolute Gasteiger partial charge is 0.415 e. The number of halogens is 1. The number of hydrogen-bond acceptors (Lipinski definition) is 6. The van der Waals surface area contributed by atoms with Crippen LogP contribution in [-0.4, -0.2) is 32.3 Å². The molecule has 3 heterocycles. The van der Waals surface area contributed by atoms with E-state index in [2.05, 4.69) is 26.3 Å². The molecule has 0 fully saturated rings. The predicted octanol–water partition coefficient (Wildman–Crippen LogP) is 6.09. The molecule has 0 atom stereocenters. The number of benzene rings is 2. The fourth-order valence-electron chi connectivity index (χ4n) is 4.82. The van der Waals surface area contributed by atoms with Crippen LogP contribution in [0.15, 0.2) is 48.9 Å². The summed E-state index contributed by atoms with van der Waals surface area (Å²) in [6, 6.07) is 13.4. The molecule has 0 bridgehead atoms. The zero-order valence-corrected chi connectivity index (χ0v) is 21.0. The van der Waals surface area contributed by atoms with Crippen LogP contribution in [0.4, 0.5) is 22.0 Å². The van der Waals surface area contributed by atoms with E-state index in [-0.39, 0.29) is 5.41 Å². The van der Waals surface area contributed by atoms with Crippen LogP contribution in [0.1, 0.15) is 43.3 Å². The topological polar surface area (TPSA) is 107 Å². The molecule has 5 rings (SSSR count). The number of rotatable bonds is 3. The summed E-state index contributed by atoms with van der Waals surface area (Å²) in [5.41, 5.74) is 4.63. The molecule has 2 N–H and O–H groups in total. The number of anilines is 3. The molecule has 4 aromatic rings. The van der Waals surface area contributed by atoms with Crippen molar-refractivity contribution in [3.63, 3.8) is 0 Å². The lowest BCUT2D eigenvalue weighted by Gasteiger charge is -2.31. The first-order chi connectivity index (χ1) is 17.2. The van der Waals surface area contributed by atoms with Gasteiger partial charge in [-0.2, -0.15) is 5.26 Å². The van der Waals surface area contributed by atoms with E-state index in [9.17, 15) is 9.90 Å². The Morgan fingerprint density at radius 2 is 2.00 bits per heavy atom. The van der Waals surface area contributed by atoms with Gasteiger partial charge in [-0.15, -0.1) is 0 Å². The molecule has 36 heavy (non-hydrogen) atoms. The third kappa shape index (κ3) is 4.23. The molecule has 0 amide bonds. The van der Waals surface area contributed by atoms with E-state index in [0.717, 1.165) is 57.9 Å². The van der Waals surface area contributed by atoms with E-state index >= 15 is 0 Å². The maximum atomic E-state index is 11.9. The quantitative estimate of drug-likeness (QED) is 0.350. The average molecular weight is 501 g/mol. The molecule has 2 aromatic heterocycles. The molecule has 1 aliphatic rings. The van der Waals surface area contributed by atoms with E-state index in [1.165, 1.54) is 4.57 Å². The van der Waals surface area contributed by atoms with Crippen LogP contribution in [0.2, 0.25) is 5.02 Å². The number of aromatic nitrogens is 3. The van der Waals surface area contributed by atoms with E-state index in [4.69, 9.17) is 16.9 Å². The summed E-state index contributed by atoms with van der Waals surface area (Å²) in [6.07, 6.45) is 2.96. The van der Waals surface area contributed by atoms with E-state index in [0.29, 0.717) is 17.1 Å². The van der Waals surface area contributed by atoms with Crippen molar-refractivity contribution in [2.45, 2.75) is 39.2 Å². The molecule has 0 spiro atoms. The van der Waals surface area contributed by atoms with Gasteiger partial charge in [0.15, 0.2) is 0 Å². The highest BCUT2D eigenvalue weighted by atomic mass is 35.5. The third-order valence-corrected chi connectivity index (χ3v) is 6.75. The Hall–Kier alpha value is -4.09. The van der Waals surface area contributed by atoms with Crippen molar-refractivity contribution in [1.82, 2.24) is 14.5 Å². The Labute approximate surface area is 213 Å². The number of nitrogens with zero attached hydrogens (tertiary/aromatic N) is 5. The lowest BCUT2D eigenvalue weighted by atomic mass is 9.89. The van der Waals surface area contributed by atoms with Gasteiger partial charge < -0.3 is 15.3 Å². The van der Waals surface area contributed by atoms with Crippen molar-refractivity contribution in [1.29, 1.82) is 5.26 Å². The van der Waals surface area contributed by atoms with Crippen LogP contribution >= 0.6 is 11.6 Å². The molecule has 0 aliphatic carbocycles. The molecule has 1 aliphatic heterocycles. The summed E-state index contributed by atoms with van der Waals surface area (Å²) in [5.74, 6) is 0.741. The normalized spacial score (nSPS) is 13.4. The molecule has 182 valence electrons. The van der Waals surface area contributed by atoms with Gasteiger partial charge in [-0.25, -0.2) is 14.8 Å². The highest BCUT2D eigenvalue weighted by Gasteiger charge is 2.26. The van der Waals surface area contributed by atoms with Gasteiger partial charge in [0.1, 0.15) is 18.2 Å². The van der Waals surface area contributed by atoms with Crippen molar-refractivity contribution in [2.24, 2.45) is 0 Å². The number of hydrogen-bond donors (Lipinski definition) is 2. The molecular weight excluding hydrogens is 476 g/mol. The van der Waals surface area contributed by atoms with Crippen molar-refractivity contribution >= 4 is 45.7 Å². The van der Waals surface area contributed by atoms with Crippen molar-refractivity contribution in [2.75, 3.05) is 16.8 Å². The summed E-state index contributed by atoms with van der Waals surface area (Å²) in [7, 11) is 0. The first-order valence-corrected chi connectivity index (χ1v) is 12.0. The van der Waals surface area contributed by atoms with Gasteiger partial charge in [-0.1, -0.05) is 38.4 Å². The van der Waals surface area contributed by atoms with Crippen molar-refractivity contribution < 1.29 is 9.90 Å². The van der Waals surface area contributed by atoms with Crippen molar-refractivity contribution in [3.8, 4) is 6.07 Å². The Morgan fingerprint density at radius 1 is 1.19 bits per heavy atom. The zero-order chi connectivity index (χ0) is 25.6. The number of fused-ring (bicyclic) bond motifs is 2. The zero-order valence-electron chi connectivity index (χ0n) is 20.2. The second-order valence-electron chi connectivity index (χ2n) is 9.90. The van der Waals surface area contributed by atoms with Crippen LogP contribution in [0.25, 0.3) is 10.8 Å². The summed E-state index contributed by atoms with van der Waals surface area (Å²) in [6.45, 7) is 7.39. The van der Waals surface area contributed by atoms with Crippen LogP contribution in [0.5, 0.6) is 0 Å². The Balaban J connectivity index is 1.43. The average Bonchev–Trinajstić information content (AvgIpc) is 3.24. The van der Waals surface area contributed by atoms with Crippen LogP contribution < -0.4 is 10.2 Å². The highest BCUT2D eigenvalue weighted by molar-refractivity contribution is 6.32. The Kier molecular flexibility index (Phi) is 5.81. The molecule has 0 unspecified atom stereocenters. The maximum absolute atomic E-state index is 11.9. The number of nitriles is 1. The van der Waals surface area contributed by atoms with E-state index in [1.54, 1.807) is 18.6 Å². The minimum Gasteiger partial charge on any atom is -0.464 e. The third-order valence-electron chi connectivity index (χ3n) is 6.44. The molecule has 9 heteroatoms. The van der Waals surface area contributed by atoms with Crippen LogP contribution in [0.3, 0.4) is 0 Å². The Bertz CT molecular complexity index is 1550. The minimum atomic E-state index is -0.997. The van der Waals surface area contributed by atoms with Gasteiger partial charge in [0.05, 0.1) is 22.8 Å². The number of nitrogens with one attached hydrogen (secondary N) is 1. The summed E-state index contributed by atoms with van der Waals surface area (Å²) < 4.78 is 1.31. The fraction of sp³-hybridized carbons (Fsp3) is 0.259. The molecule has 0 saturated heterocycles. The first-order valence-electron chi connectivity index (χ1n) is 11.6. The van der Waals surface area contributed by atoms with Gasteiger partial charge >= 0.3 is 6.09 Å². The largest absolute Gasteiger partial charge is 0.464 e. The lowest BCUT2D eigenvalue weighted by molar-refractivity contribution is 0.194. The summed E-state index contributed by atoms with van der Waals surface area (Å²) >= 11 is 6.24. The maximum Gasteiger partial charge on any atom is 0.415 e. The molecule has 8 nitrogen and oxygen atoms in total. The Morgan fingerprint density at radius 3 is 2.69 bits per heavy atom. The SMILES string of the molecule is CC(C)(C)c1c2ccc(Nc3ncnc4c3CCN(c3ccc(C#N)c(Cl)c3)C4)cc2cn1C(=O)O. The number of carbonyl (C=O) groups is 1. The number of carboxylic acid groups (broad SMARTS) is 1. The minimum absolute atomic E-state index is 0.328. The highest BCUT2D eigenvalue weighted by Crippen LogP contribution is 2.35. The fourth-order valence-corrected chi connectivity index (χ4v) is 5.04. The second-order valence-corrected chi connectivity index (χ2v) is 10.3. The van der Waals surface area contributed by atoms with E-state index < -0.39 is 6.09 Å². The lowest BCUT2D eigenvalue weighted by Crippen LogP contribution is -2.31. The predicted molar refractivity (Wildman–Crippen MR) is 140 cm³/mol. The molecule has 0 radical (unpaired) electrons. The van der Waals surface area contributed by atoms with Gasteiger partial charge in [-0.3, -0.25) is 4.57 Å². The monoisotopic (exact) mass is 500 g/mol. The van der Waals surface area contributed by atoms with Crippen molar-refractivity contribution in [3.05, 3.63) is 76.5 Å². The van der Waals surface area contributed by atoms with Crippen LogP contribution in [-0.2, 0) is 18.4 Å². The van der Waals surface area contributed by atoms with Crippen LogP contribution in [0, 0.1) is 11.3 Å². The summed E-state index contributed by atoms with van der Waals surface area (Å²) in [4.78, 5) is 23.1. The van der Waals surface area contributed by atoms with Gasteiger partial charge in [0.25, 0.3) is 0 Å². The first kappa shape index (κ1) is 23.6. The molecule has 2 aromatic carbocycles. The van der Waals surface area contributed by atoms with E-state index in [1.807, 2.05) is 51.1 Å². The van der Waals surface area contributed by atoms with Gasteiger partial charge in [-0.05, 0) is 36.8 Å².